The van der Waals surface area contributed by atoms with Crippen LogP contribution in [0.15, 0.2) is 12.1 Å². The number of benzene rings is 1. The third-order valence-electron chi connectivity index (χ3n) is 3.37. The molecule has 2 rings (SSSR count). The van der Waals surface area contributed by atoms with Crippen molar-refractivity contribution in [2.45, 2.75) is 26.4 Å². The lowest BCUT2D eigenvalue weighted by Crippen LogP contribution is -2.29. The summed E-state index contributed by atoms with van der Waals surface area (Å²) in [6.45, 7) is 5.89. The summed E-state index contributed by atoms with van der Waals surface area (Å²) >= 11 is 11.1. The number of rotatable bonds is 4. The van der Waals surface area contributed by atoms with E-state index in [4.69, 9.17) is 23.8 Å². The van der Waals surface area contributed by atoms with Crippen LogP contribution in [0.25, 0.3) is 11.0 Å². The number of aromatic amines is 1. The topological polar surface area (TPSA) is 24.0 Å². The molecule has 0 aliphatic rings. The Labute approximate surface area is 122 Å². The second kappa shape index (κ2) is 5.61. The van der Waals surface area contributed by atoms with Crippen molar-refractivity contribution in [3.05, 3.63) is 27.7 Å². The van der Waals surface area contributed by atoms with Crippen LogP contribution in [0.4, 0.5) is 4.39 Å². The molecule has 0 aliphatic carbocycles. The lowest BCUT2D eigenvalue weighted by molar-refractivity contribution is 0.263. The van der Waals surface area contributed by atoms with E-state index in [1.807, 2.05) is 4.57 Å². The van der Waals surface area contributed by atoms with E-state index >= 15 is 0 Å². The second-order valence-electron chi connectivity index (χ2n) is 4.94. The van der Waals surface area contributed by atoms with Crippen molar-refractivity contribution in [1.29, 1.82) is 0 Å². The first-order chi connectivity index (χ1) is 8.90. The molecule has 0 atom stereocenters. The quantitative estimate of drug-likeness (QED) is 0.868. The van der Waals surface area contributed by atoms with E-state index in [2.05, 4.69) is 30.8 Å². The van der Waals surface area contributed by atoms with E-state index in [-0.39, 0.29) is 5.02 Å². The Bertz CT molecular complexity index is 647. The molecular weight excluding hydrogens is 285 g/mol. The maximum absolute atomic E-state index is 13.4. The molecule has 0 unspecified atom stereocenters. The highest BCUT2D eigenvalue weighted by molar-refractivity contribution is 7.71. The van der Waals surface area contributed by atoms with Crippen LogP contribution in [0.1, 0.15) is 13.8 Å². The van der Waals surface area contributed by atoms with Gasteiger partial charge in [0.2, 0.25) is 0 Å². The van der Waals surface area contributed by atoms with Gasteiger partial charge in [-0.3, -0.25) is 0 Å². The average Bonchev–Trinajstić information content (AvgIpc) is 2.62. The number of halogens is 2. The van der Waals surface area contributed by atoms with Crippen molar-refractivity contribution in [2.24, 2.45) is 0 Å². The smallest absolute Gasteiger partial charge is 0.178 e. The monoisotopic (exact) mass is 301 g/mol. The number of hydrogen-bond acceptors (Lipinski definition) is 2. The van der Waals surface area contributed by atoms with E-state index in [0.717, 1.165) is 18.6 Å². The van der Waals surface area contributed by atoms with Gasteiger partial charge in [-0.05, 0) is 39.2 Å². The maximum atomic E-state index is 13.4. The Kier molecular flexibility index (Phi) is 4.28. The van der Waals surface area contributed by atoms with Gasteiger partial charge >= 0.3 is 0 Å². The fourth-order valence-corrected chi connectivity index (χ4v) is 2.35. The Hall–Kier alpha value is -0.910. The Balaban J connectivity index is 2.35. The van der Waals surface area contributed by atoms with Crippen LogP contribution >= 0.6 is 23.8 Å². The normalized spacial score (nSPS) is 11.9. The summed E-state index contributed by atoms with van der Waals surface area (Å²) < 4.78 is 16.0. The summed E-state index contributed by atoms with van der Waals surface area (Å²) in [7, 11) is 2.07. The predicted octanol–water partition coefficient (Wildman–Crippen LogP) is 3.83. The first-order valence-corrected chi connectivity index (χ1v) is 6.96. The standard InChI is InChI=1S/C13H17ClFN3S/c1-8(2)17(3)4-5-18-12-6-9(14)10(15)7-11(12)16-13(18)19/h6-8H,4-5H2,1-3H3,(H,16,19). The van der Waals surface area contributed by atoms with Gasteiger partial charge in [0.15, 0.2) is 4.77 Å². The second-order valence-corrected chi connectivity index (χ2v) is 5.73. The van der Waals surface area contributed by atoms with Crippen LogP contribution in [-0.4, -0.2) is 34.1 Å². The van der Waals surface area contributed by atoms with Crippen LogP contribution in [0.3, 0.4) is 0 Å². The number of fused-ring (bicyclic) bond motifs is 1. The number of aromatic nitrogens is 2. The fraction of sp³-hybridized carbons (Fsp3) is 0.462. The summed E-state index contributed by atoms with van der Waals surface area (Å²) in [5, 5.41) is 0.118. The average molecular weight is 302 g/mol. The highest BCUT2D eigenvalue weighted by atomic mass is 35.5. The zero-order valence-electron chi connectivity index (χ0n) is 11.2. The van der Waals surface area contributed by atoms with Crippen LogP contribution in [0, 0.1) is 10.6 Å². The minimum Gasteiger partial charge on any atom is -0.330 e. The summed E-state index contributed by atoms with van der Waals surface area (Å²) in [4.78, 5) is 5.24. The molecule has 0 saturated carbocycles. The van der Waals surface area contributed by atoms with Crippen molar-refractivity contribution in [1.82, 2.24) is 14.5 Å². The van der Waals surface area contributed by atoms with Gasteiger partial charge in [0.1, 0.15) is 5.82 Å². The minimum absolute atomic E-state index is 0.118. The molecule has 0 bridgehead atoms. The SMILES string of the molecule is CC(C)N(C)CCn1c(=S)[nH]c2cc(F)c(Cl)cc21. The molecular formula is C13H17ClFN3S. The first kappa shape index (κ1) is 14.5. The number of hydrogen-bond donors (Lipinski definition) is 1. The molecule has 0 amide bonds. The fourth-order valence-electron chi connectivity index (χ4n) is 1.89. The van der Waals surface area contributed by atoms with Gasteiger partial charge < -0.3 is 14.5 Å². The molecule has 3 nitrogen and oxygen atoms in total. The van der Waals surface area contributed by atoms with Crippen molar-refractivity contribution >= 4 is 34.9 Å². The molecule has 0 fully saturated rings. The maximum Gasteiger partial charge on any atom is 0.178 e. The first-order valence-electron chi connectivity index (χ1n) is 6.18. The van der Waals surface area contributed by atoms with Crippen LogP contribution in [0.5, 0.6) is 0 Å². The molecule has 1 aromatic carbocycles. The van der Waals surface area contributed by atoms with Gasteiger partial charge in [0.05, 0.1) is 16.1 Å². The number of imidazole rings is 1. The zero-order chi connectivity index (χ0) is 14.2. The van der Waals surface area contributed by atoms with E-state index in [1.165, 1.54) is 6.07 Å². The molecule has 0 spiro atoms. The lowest BCUT2D eigenvalue weighted by Gasteiger charge is -2.21. The summed E-state index contributed by atoms with van der Waals surface area (Å²) in [5.74, 6) is -0.433. The van der Waals surface area contributed by atoms with Gasteiger partial charge in [0, 0.05) is 25.2 Å². The summed E-state index contributed by atoms with van der Waals surface area (Å²) in [5.41, 5.74) is 1.52. The molecule has 1 heterocycles. The highest BCUT2D eigenvalue weighted by Gasteiger charge is 2.10. The molecule has 0 radical (unpaired) electrons. The van der Waals surface area contributed by atoms with Crippen molar-refractivity contribution in [3.63, 3.8) is 0 Å². The predicted molar refractivity (Wildman–Crippen MR) is 79.9 cm³/mol. The third kappa shape index (κ3) is 2.99. The number of nitrogens with one attached hydrogen (secondary N) is 1. The van der Waals surface area contributed by atoms with Gasteiger partial charge in [-0.25, -0.2) is 4.39 Å². The van der Waals surface area contributed by atoms with Crippen LogP contribution < -0.4 is 0 Å². The molecule has 2 aromatic rings. The Morgan fingerprint density at radius 2 is 2.16 bits per heavy atom. The summed E-state index contributed by atoms with van der Waals surface area (Å²) in [6, 6.07) is 3.48. The van der Waals surface area contributed by atoms with Gasteiger partial charge in [-0.2, -0.15) is 0 Å². The molecule has 19 heavy (non-hydrogen) atoms. The van der Waals surface area contributed by atoms with E-state index in [9.17, 15) is 4.39 Å². The van der Waals surface area contributed by atoms with Crippen LogP contribution in [-0.2, 0) is 6.54 Å². The number of nitrogens with zero attached hydrogens (tertiary/aromatic N) is 2. The molecule has 1 N–H and O–H groups in total. The zero-order valence-corrected chi connectivity index (χ0v) is 12.8. The van der Waals surface area contributed by atoms with Crippen molar-refractivity contribution in [2.75, 3.05) is 13.6 Å². The highest BCUT2D eigenvalue weighted by Crippen LogP contribution is 2.22. The van der Waals surface area contributed by atoms with Crippen LogP contribution in [0.2, 0.25) is 5.02 Å². The largest absolute Gasteiger partial charge is 0.330 e. The van der Waals surface area contributed by atoms with E-state index in [1.54, 1.807) is 6.07 Å². The molecule has 6 heteroatoms. The molecule has 104 valence electrons. The Morgan fingerprint density at radius 3 is 2.79 bits per heavy atom. The lowest BCUT2D eigenvalue weighted by atomic mass is 10.3. The molecule has 0 saturated heterocycles. The molecule has 0 aliphatic heterocycles. The van der Waals surface area contributed by atoms with Gasteiger partial charge in [0.25, 0.3) is 0 Å². The van der Waals surface area contributed by atoms with E-state index < -0.39 is 5.82 Å². The Morgan fingerprint density at radius 1 is 1.47 bits per heavy atom. The van der Waals surface area contributed by atoms with E-state index in [0.29, 0.717) is 16.3 Å². The van der Waals surface area contributed by atoms with Crippen molar-refractivity contribution < 1.29 is 4.39 Å². The van der Waals surface area contributed by atoms with Gasteiger partial charge in [-0.15, -0.1) is 0 Å². The third-order valence-corrected chi connectivity index (χ3v) is 3.99. The van der Waals surface area contributed by atoms with Gasteiger partial charge in [-0.1, -0.05) is 11.6 Å². The molecule has 1 aromatic heterocycles. The van der Waals surface area contributed by atoms with Crippen molar-refractivity contribution in [3.8, 4) is 0 Å². The summed E-state index contributed by atoms with van der Waals surface area (Å²) in [6.07, 6.45) is 0. The number of H-pyrrole nitrogens is 1. The minimum atomic E-state index is -0.433. The number of likely N-dealkylation sites (N-methyl/N-ethyl adjacent to an activating group) is 1.